The topological polar surface area (TPSA) is 86.5 Å². The molecule has 1 heterocycles. The molecule has 3 rings (SSSR count). The van der Waals surface area contributed by atoms with E-state index < -0.39 is 0 Å². The molecule has 0 unspecified atom stereocenters. The Morgan fingerprint density at radius 1 is 1.23 bits per heavy atom. The lowest BCUT2D eigenvalue weighted by molar-refractivity contribution is 0.474. The Morgan fingerprint density at radius 3 is 2.73 bits per heavy atom. The highest BCUT2D eigenvalue weighted by molar-refractivity contribution is 6.31. The third kappa shape index (κ3) is 2.71. The second-order valence-electron chi connectivity index (χ2n) is 4.85. The van der Waals surface area contributed by atoms with Gasteiger partial charge in [-0.05, 0) is 30.3 Å². The minimum absolute atomic E-state index is 0.00397. The molecule has 0 atom stereocenters. The van der Waals surface area contributed by atoms with Gasteiger partial charge in [-0.1, -0.05) is 29.8 Å². The Hall–Kier alpha value is -2.66. The highest BCUT2D eigenvalue weighted by Crippen LogP contribution is 2.32. The van der Waals surface area contributed by atoms with Gasteiger partial charge in [-0.3, -0.25) is 5.41 Å². The van der Waals surface area contributed by atoms with E-state index >= 15 is 0 Å². The first kappa shape index (κ1) is 14.3. The molecule has 112 valence electrons. The summed E-state index contributed by atoms with van der Waals surface area (Å²) in [6.45, 7) is 0.220. The molecular formula is C16H14ClN3O2. The molecule has 4 N–H and O–H groups in total. The van der Waals surface area contributed by atoms with E-state index in [4.69, 9.17) is 27.2 Å². The van der Waals surface area contributed by atoms with E-state index in [1.54, 1.807) is 12.1 Å². The van der Waals surface area contributed by atoms with Gasteiger partial charge in [-0.25, -0.2) is 0 Å². The molecule has 22 heavy (non-hydrogen) atoms. The standard InChI is InChI=1S/C16H14ClN3O2/c17-11-5-6-14(21)13(8-11)20(16(18)19)9-12-7-10-3-1-2-4-15(10)22-12/h1-8,21H,9H2,(H3,18,19). The summed E-state index contributed by atoms with van der Waals surface area (Å²) < 4.78 is 5.73. The van der Waals surface area contributed by atoms with E-state index in [0.717, 1.165) is 11.0 Å². The molecule has 5 nitrogen and oxygen atoms in total. The molecule has 0 saturated heterocycles. The van der Waals surface area contributed by atoms with Crippen LogP contribution >= 0.6 is 11.6 Å². The quantitative estimate of drug-likeness (QED) is 0.508. The minimum atomic E-state index is -0.210. The number of hydrogen-bond acceptors (Lipinski definition) is 3. The van der Waals surface area contributed by atoms with E-state index in [0.29, 0.717) is 16.5 Å². The van der Waals surface area contributed by atoms with Gasteiger partial charge < -0.3 is 20.2 Å². The Labute approximate surface area is 132 Å². The minimum Gasteiger partial charge on any atom is -0.506 e. The van der Waals surface area contributed by atoms with Gasteiger partial charge >= 0.3 is 0 Å². The zero-order chi connectivity index (χ0) is 15.7. The summed E-state index contributed by atoms with van der Waals surface area (Å²) >= 11 is 5.96. The molecule has 0 spiro atoms. The summed E-state index contributed by atoms with van der Waals surface area (Å²) in [4.78, 5) is 1.43. The number of phenolic OH excluding ortho intramolecular Hbond substituents is 1. The van der Waals surface area contributed by atoms with Crippen LogP contribution in [-0.4, -0.2) is 11.1 Å². The lowest BCUT2D eigenvalue weighted by Crippen LogP contribution is -2.35. The second kappa shape index (κ2) is 5.61. The molecule has 0 aliphatic rings. The van der Waals surface area contributed by atoms with E-state index in [-0.39, 0.29) is 18.3 Å². The Kier molecular flexibility index (Phi) is 3.65. The fourth-order valence-electron chi connectivity index (χ4n) is 2.28. The van der Waals surface area contributed by atoms with E-state index in [9.17, 15) is 5.11 Å². The molecule has 0 fully saturated rings. The predicted molar refractivity (Wildman–Crippen MR) is 87.4 cm³/mol. The SMILES string of the molecule is N=C(N)N(Cc1cc2ccccc2o1)c1cc(Cl)ccc1O. The fraction of sp³-hybridized carbons (Fsp3) is 0.0625. The smallest absolute Gasteiger partial charge is 0.193 e. The van der Waals surface area contributed by atoms with Crippen LogP contribution in [0.3, 0.4) is 0 Å². The summed E-state index contributed by atoms with van der Waals surface area (Å²) in [5.74, 6) is 0.421. The molecule has 0 saturated carbocycles. The van der Waals surface area contributed by atoms with Crippen LogP contribution in [-0.2, 0) is 6.54 Å². The van der Waals surface area contributed by atoms with Crippen molar-refractivity contribution >= 4 is 34.2 Å². The van der Waals surface area contributed by atoms with Crippen LogP contribution < -0.4 is 10.6 Å². The van der Waals surface area contributed by atoms with E-state index in [1.165, 1.54) is 11.0 Å². The zero-order valence-corrected chi connectivity index (χ0v) is 12.3. The van der Waals surface area contributed by atoms with E-state index in [1.807, 2.05) is 30.3 Å². The van der Waals surface area contributed by atoms with E-state index in [2.05, 4.69) is 0 Å². The van der Waals surface area contributed by atoms with Crippen molar-refractivity contribution in [2.24, 2.45) is 5.73 Å². The Morgan fingerprint density at radius 2 is 2.00 bits per heavy atom. The molecule has 0 bridgehead atoms. The maximum atomic E-state index is 9.99. The molecule has 0 aliphatic heterocycles. The van der Waals surface area contributed by atoms with Crippen LogP contribution in [0.25, 0.3) is 11.0 Å². The fourth-order valence-corrected chi connectivity index (χ4v) is 2.45. The summed E-state index contributed by atoms with van der Waals surface area (Å²) in [6.07, 6.45) is 0. The van der Waals surface area contributed by atoms with Gasteiger partial charge in [0.1, 0.15) is 17.1 Å². The zero-order valence-electron chi connectivity index (χ0n) is 11.6. The summed E-state index contributed by atoms with van der Waals surface area (Å²) in [7, 11) is 0. The van der Waals surface area contributed by atoms with Crippen molar-refractivity contribution in [2.75, 3.05) is 4.90 Å². The van der Waals surface area contributed by atoms with Crippen LogP contribution in [0.1, 0.15) is 5.76 Å². The lowest BCUT2D eigenvalue weighted by Gasteiger charge is -2.22. The number of aromatic hydroxyl groups is 1. The molecule has 1 aromatic heterocycles. The number of rotatable bonds is 3. The van der Waals surface area contributed by atoms with Crippen molar-refractivity contribution in [1.29, 1.82) is 5.41 Å². The van der Waals surface area contributed by atoms with Crippen LogP contribution in [0.4, 0.5) is 5.69 Å². The second-order valence-corrected chi connectivity index (χ2v) is 5.29. The number of nitrogens with one attached hydrogen (secondary N) is 1. The summed E-state index contributed by atoms with van der Waals surface area (Å²) in [6, 6.07) is 14.1. The highest BCUT2D eigenvalue weighted by Gasteiger charge is 2.17. The highest BCUT2D eigenvalue weighted by atomic mass is 35.5. The number of hydrogen-bond donors (Lipinski definition) is 3. The maximum Gasteiger partial charge on any atom is 0.193 e. The first-order valence-corrected chi connectivity index (χ1v) is 7.00. The number of nitrogens with zero attached hydrogens (tertiary/aromatic N) is 1. The number of anilines is 1. The normalized spacial score (nSPS) is 10.8. The number of fused-ring (bicyclic) bond motifs is 1. The van der Waals surface area contributed by atoms with Crippen LogP contribution in [0.5, 0.6) is 5.75 Å². The number of halogens is 1. The maximum absolute atomic E-state index is 9.99. The first-order chi connectivity index (χ1) is 10.5. The number of benzene rings is 2. The molecule has 0 radical (unpaired) electrons. The molecule has 2 aromatic carbocycles. The predicted octanol–water partition coefficient (Wildman–Crippen LogP) is 3.69. The molecule has 3 aromatic rings. The third-order valence-corrected chi connectivity index (χ3v) is 3.54. The number of guanidine groups is 1. The van der Waals surface area contributed by atoms with Gasteiger partial charge in [0.05, 0.1) is 12.2 Å². The average molecular weight is 316 g/mol. The monoisotopic (exact) mass is 315 g/mol. The van der Waals surface area contributed by atoms with Gasteiger partial charge in [0.2, 0.25) is 0 Å². The van der Waals surface area contributed by atoms with Crippen molar-refractivity contribution in [3.8, 4) is 5.75 Å². The largest absolute Gasteiger partial charge is 0.506 e. The number of nitrogens with two attached hydrogens (primary N) is 1. The van der Waals surface area contributed by atoms with Crippen molar-refractivity contribution in [3.05, 3.63) is 59.3 Å². The van der Waals surface area contributed by atoms with Gasteiger partial charge in [0, 0.05) is 10.4 Å². The molecule has 6 heteroatoms. The van der Waals surface area contributed by atoms with Gasteiger partial charge in [-0.15, -0.1) is 0 Å². The Bertz CT molecular complexity index is 811. The van der Waals surface area contributed by atoms with Crippen LogP contribution in [0.15, 0.2) is 52.9 Å². The van der Waals surface area contributed by atoms with Crippen LogP contribution in [0, 0.1) is 5.41 Å². The van der Waals surface area contributed by atoms with Gasteiger partial charge in [-0.2, -0.15) is 0 Å². The summed E-state index contributed by atoms with van der Waals surface area (Å²) in [5, 5.41) is 19.2. The van der Waals surface area contributed by atoms with Crippen molar-refractivity contribution in [3.63, 3.8) is 0 Å². The average Bonchev–Trinajstić information content (AvgIpc) is 2.90. The molecule has 0 aliphatic carbocycles. The van der Waals surface area contributed by atoms with Gasteiger partial charge in [0.15, 0.2) is 5.96 Å². The third-order valence-electron chi connectivity index (χ3n) is 3.31. The van der Waals surface area contributed by atoms with Crippen LogP contribution in [0.2, 0.25) is 5.02 Å². The lowest BCUT2D eigenvalue weighted by atomic mass is 10.2. The molecular weight excluding hydrogens is 302 g/mol. The van der Waals surface area contributed by atoms with Crippen molar-refractivity contribution < 1.29 is 9.52 Å². The Balaban J connectivity index is 1.98. The summed E-state index contributed by atoms with van der Waals surface area (Å²) in [5.41, 5.74) is 6.77. The first-order valence-electron chi connectivity index (χ1n) is 6.62. The van der Waals surface area contributed by atoms with Crippen molar-refractivity contribution in [2.45, 2.75) is 6.54 Å². The molecule has 0 amide bonds. The number of furan rings is 1. The number of para-hydroxylation sites is 1. The van der Waals surface area contributed by atoms with Gasteiger partial charge in [0.25, 0.3) is 0 Å². The number of phenols is 1. The van der Waals surface area contributed by atoms with Crippen molar-refractivity contribution in [1.82, 2.24) is 0 Å².